The number of nitrogens with one attached hydrogen (secondary N) is 2. The van der Waals surface area contributed by atoms with Crippen molar-refractivity contribution in [1.29, 1.82) is 0 Å². The molecule has 0 radical (unpaired) electrons. The fourth-order valence-corrected chi connectivity index (χ4v) is 11.4. The molecule has 4 N–H and O–H groups in total. The average Bonchev–Trinajstić information content (AvgIpc) is 3.38. The van der Waals surface area contributed by atoms with Crippen LogP contribution in [-0.2, 0) is 30.3 Å². The van der Waals surface area contributed by atoms with Crippen LogP contribution < -0.4 is 5.32 Å². The first-order valence-electron chi connectivity index (χ1n) is 20.3. The lowest BCUT2D eigenvalue weighted by Crippen LogP contribution is -2.59. The maximum absolute atomic E-state index is 15.6. The molecule has 0 bridgehead atoms. The monoisotopic (exact) mass is 748 g/mol. The summed E-state index contributed by atoms with van der Waals surface area (Å²) in [4.78, 5) is 48.1. The molecule has 1 spiro atoms. The van der Waals surface area contributed by atoms with E-state index in [4.69, 9.17) is 9.47 Å². The maximum Gasteiger partial charge on any atom is 0.235 e. The molecule has 1 saturated carbocycles. The zero-order chi connectivity index (χ0) is 38.8. The number of epoxide rings is 1. The van der Waals surface area contributed by atoms with Gasteiger partial charge in [0.25, 0.3) is 0 Å². The Hall–Kier alpha value is -3.89. The van der Waals surface area contributed by atoms with E-state index in [0.717, 1.165) is 16.5 Å². The summed E-state index contributed by atoms with van der Waals surface area (Å²) in [5.41, 5.74) is 0.685. The van der Waals surface area contributed by atoms with Crippen molar-refractivity contribution in [2.24, 2.45) is 52.8 Å². The number of carbonyl (C=O) groups excluding carboxylic acids is 3. The number of fused-ring (bicyclic) bond motifs is 4. The number of ether oxygens (including phenoxy) is 2. The van der Waals surface area contributed by atoms with Crippen LogP contribution in [0.4, 0.5) is 0 Å². The molecule has 1 amide bonds. The Balaban J connectivity index is 1.21. The third-order valence-electron chi connectivity index (χ3n) is 14.3. The van der Waals surface area contributed by atoms with Crippen LogP contribution in [0.15, 0.2) is 90.7 Å². The minimum absolute atomic E-state index is 0.00727. The lowest BCUT2D eigenvalue weighted by molar-refractivity contribution is -0.150. The topological polar surface area (TPSA) is 141 Å². The average molecular weight is 749 g/mol. The summed E-state index contributed by atoms with van der Waals surface area (Å²) in [5, 5.41) is 28.2. The van der Waals surface area contributed by atoms with Gasteiger partial charge in [0.05, 0.1) is 30.5 Å². The smallest absolute Gasteiger partial charge is 0.235 e. The lowest BCUT2D eigenvalue weighted by atomic mass is 9.50. The lowest BCUT2D eigenvalue weighted by Gasteiger charge is -2.47. The van der Waals surface area contributed by atoms with E-state index < -0.39 is 53.0 Å². The zero-order valence-electron chi connectivity index (χ0n) is 32.6. The Morgan fingerprint density at radius 2 is 1.82 bits per heavy atom. The maximum atomic E-state index is 15.6. The van der Waals surface area contributed by atoms with Crippen molar-refractivity contribution in [3.63, 3.8) is 0 Å². The normalized spacial score (nSPS) is 44.7. The highest BCUT2D eigenvalue weighted by molar-refractivity contribution is 6.09. The molecule has 3 aliphatic carbocycles. The van der Waals surface area contributed by atoms with Gasteiger partial charge in [0.15, 0.2) is 5.78 Å². The molecule has 3 aliphatic heterocycles. The van der Waals surface area contributed by atoms with Crippen LogP contribution in [0, 0.1) is 52.8 Å². The Bertz CT molecular complexity index is 1990. The first kappa shape index (κ1) is 38.0. The van der Waals surface area contributed by atoms with Crippen LogP contribution in [-0.4, -0.2) is 75.3 Å². The van der Waals surface area contributed by atoms with Gasteiger partial charge in [-0.25, -0.2) is 0 Å². The molecule has 4 heterocycles. The number of para-hydroxylation sites is 1. The predicted molar refractivity (Wildman–Crippen MR) is 211 cm³/mol. The van der Waals surface area contributed by atoms with E-state index in [-0.39, 0.29) is 59.7 Å². The summed E-state index contributed by atoms with van der Waals surface area (Å²) < 4.78 is 12.8. The quantitative estimate of drug-likeness (QED) is 0.128. The highest BCUT2D eigenvalue weighted by Gasteiger charge is 2.78. The van der Waals surface area contributed by atoms with Gasteiger partial charge < -0.3 is 30.0 Å². The van der Waals surface area contributed by atoms with Crippen molar-refractivity contribution < 1.29 is 34.1 Å². The largest absolute Gasteiger partial charge is 0.390 e. The Labute approximate surface area is 324 Å². The number of aromatic nitrogens is 1. The third kappa shape index (κ3) is 6.17. The Kier molecular flexibility index (Phi) is 10.1. The van der Waals surface area contributed by atoms with E-state index in [1.165, 1.54) is 0 Å². The second-order valence-corrected chi connectivity index (χ2v) is 17.4. The molecule has 55 heavy (non-hydrogen) atoms. The summed E-state index contributed by atoms with van der Waals surface area (Å²) in [6.45, 7) is 10.3. The van der Waals surface area contributed by atoms with Crippen molar-refractivity contribution in [3.05, 3.63) is 96.3 Å². The van der Waals surface area contributed by atoms with Gasteiger partial charge in [0.2, 0.25) is 5.91 Å². The number of aliphatic hydroxyl groups excluding tert-OH is 2. The van der Waals surface area contributed by atoms with E-state index >= 15 is 4.79 Å². The van der Waals surface area contributed by atoms with Crippen LogP contribution in [0.5, 0.6) is 0 Å². The molecule has 1 aromatic heterocycles. The number of carbonyl (C=O) groups is 3. The molecule has 9 heteroatoms. The van der Waals surface area contributed by atoms with Gasteiger partial charge in [-0.1, -0.05) is 86.7 Å². The standard InChI is InChI=1S/C46H56N2O7/c1-6-7-8-14-29-24-54-42(40(29)51)32-17-12-15-28-22-36(49)46-33(18-11-13-25(2)20-26(3)39(50)41(52)37(28)32)43-45(5,55-43)27(4)38(46)35(48-44(46)53)21-30-23-47-34-19-10-9-16-31(30)34/h6-12,14,16-20,23,25,27-29,32-33,35,37-38,40-43,47,51-52H,13,15,21-22,24H2,1-5H3,(H,48,53)/b7-6+,14-8+,18-11+,26-20+/t25-,27-,28+,29+,32+,33-,35-,37?,38-,40-,41-,42+,43-,45+,46+/m0/s1. The second-order valence-electron chi connectivity index (χ2n) is 17.4. The highest BCUT2D eigenvalue weighted by Crippen LogP contribution is 2.66. The van der Waals surface area contributed by atoms with Gasteiger partial charge in [-0.15, -0.1) is 0 Å². The fourth-order valence-electron chi connectivity index (χ4n) is 11.4. The number of Topliss-reactive ketones (excluding diaryl/α,β-unsaturated/α-hetero) is 2. The second kappa shape index (κ2) is 14.6. The number of allylic oxidation sites excluding steroid dienone is 6. The Morgan fingerprint density at radius 3 is 2.62 bits per heavy atom. The molecule has 292 valence electrons. The fraction of sp³-hybridized carbons (Fsp3) is 0.543. The van der Waals surface area contributed by atoms with Crippen molar-refractivity contribution in [2.45, 2.75) is 96.4 Å². The van der Waals surface area contributed by atoms with Crippen LogP contribution >= 0.6 is 0 Å². The third-order valence-corrected chi connectivity index (χ3v) is 14.3. The van der Waals surface area contributed by atoms with Gasteiger partial charge in [-0.3, -0.25) is 14.4 Å². The molecule has 8 rings (SSSR count). The van der Waals surface area contributed by atoms with E-state index in [9.17, 15) is 19.8 Å². The number of ketones is 2. The molecule has 2 aromatic rings. The van der Waals surface area contributed by atoms with Gasteiger partial charge in [0, 0.05) is 59.2 Å². The number of amides is 1. The number of rotatable bonds is 5. The van der Waals surface area contributed by atoms with Gasteiger partial charge >= 0.3 is 0 Å². The SMILES string of the molecule is C/C=C/C=C/[C@@H]1CO[C@H]([C@@H]2C=CC[C@@H]3CC(=O)[C@@]45C(=O)N[C@@H](Cc6c[nH]c7ccccc67)[C@@H]4[C@H](C)[C@@]4(C)O[C@H]4[C@@H]5/C=C/C[C@H](C)/C=C(\C)C(=O)[C@@H](O)C32)[C@H]1O. The Morgan fingerprint density at radius 1 is 1.04 bits per heavy atom. The minimum Gasteiger partial charge on any atom is -0.390 e. The van der Waals surface area contributed by atoms with Gasteiger partial charge in [-0.2, -0.15) is 0 Å². The van der Waals surface area contributed by atoms with E-state index in [0.29, 0.717) is 31.4 Å². The summed E-state index contributed by atoms with van der Waals surface area (Å²) in [5.74, 6) is -3.80. The zero-order valence-corrected chi connectivity index (χ0v) is 32.6. The number of aliphatic hydroxyl groups is 2. The number of hydrogen-bond acceptors (Lipinski definition) is 7. The first-order valence-corrected chi connectivity index (χ1v) is 20.3. The molecule has 3 saturated heterocycles. The number of hydrogen-bond donors (Lipinski definition) is 4. The summed E-state index contributed by atoms with van der Waals surface area (Å²) in [7, 11) is 0. The van der Waals surface area contributed by atoms with Crippen molar-refractivity contribution in [2.75, 3.05) is 6.61 Å². The molecule has 1 unspecified atom stereocenters. The van der Waals surface area contributed by atoms with Crippen LogP contribution in [0.3, 0.4) is 0 Å². The van der Waals surface area contributed by atoms with E-state index in [2.05, 4.69) is 42.4 Å². The summed E-state index contributed by atoms with van der Waals surface area (Å²) in [6, 6.07) is 7.81. The summed E-state index contributed by atoms with van der Waals surface area (Å²) >= 11 is 0. The van der Waals surface area contributed by atoms with Crippen molar-refractivity contribution >= 4 is 28.4 Å². The van der Waals surface area contributed by atoms with Crippen LogP contribution in [0.1, 0.15) is 59.4 Å². The van der Waals surface area contributed by atoms with Crippen LogP contribution in [0.25, 0.3) is 10.9 Å². The van der Waals surface area contributed by atoms with Gasteiger partial charge in [-0.05, 0) is 75.0 Å². The molecular formula is C46H56N2O7. The van der Waals surface area contributed by atoms with Crippen molar-refractivity contribution in [1.82, 2.24) is 10.3 Å². The predicted octanol–water partition coefficient (Wildman–Crippen LogP) is 5.98. The van der Waals surface area contributed by atoms with E-state index in [1.54, 1.807) is 6.92 Å². The number of aromatic amines is 1. The van der Waals surface area contributed by atoms with E-state index in [1.807, 2.05) is 80.8 Å². The minimum atomic E-state index is -1.43. The molecular weight excluding hydrogens is 693 g/mol. The van der Waals surface area contributed by atoms with Gasteiger partial charge in [0.1, 0.15) is 17.3 Å². The highest BCUT2D eigenvalue weighted by atomic mass is 16.6. The molecule has 15 atom stereocenters. The molecule has 4 fully saturated rings. The van der Waals surface area contributed by atoms with Crippen LogP contribution in [0.2, 0.25) is 0 Å². The summed E-state index contributed by atoms with van der Waals surface area (Å²) in [6.07, 6.45) is 17.9. The number of benzene rings is 1. The molecule has 1 aromatic carbocycles. The molecule has 9 nitrogen and oxygen atoms in total. The first-order chi connectivity index (χ1) is 26.4. The molecule has 6 aliphatic rings. The van der Waals surface area contributed by atoms with Crippen molar-refractivity contribution in [3.8, 4) is 0 Å². The number of H-pyrrole nitrogens is 1.